The summed E-state index contributed by atoms with van der Waals surface area (Å²) < 4.78 is 5.50. The van der Waals surface area contributed by atoms with Crippen LogP contribution in [0, 0.1) is 0 Å². The van der Waals surface area contributed by atoms with Gasteiger partial charge < -0.3 is 4.74 Å². The van der Waals surface area contributed by atoms with Crippen molar-refractivity contribution < 1.29 is 4.74 Å². The minimum absolute atomic E-state index is 0.394. The molecule has 3 nitrogen and oxygen atoms in total. The second-order valence-corrected chi connectivity index (χ2v) is 4.36. The second-order valence-electron chi connectivity index (χ2n) is 4.10. The first-order valence-corrected chi connectivity index (χ1v) is 6.90. The summed E-state index contributed by atoms with van der Waals surface area (Å²) in [6.07, 6.45) is 10.9. The smallest absolute Gasteiger partial charge is 0.232 e. The summed E-state index contributed by atoms with van der Waals surface area (Å²) >= 11 is 5.62. The number of rotatable bonds is 9. The highest BCUT2D eigenvalue weighted by Gasteiger charge is 1.97. The Bertz CT molecular complexity index is 290. The molecule has 0 aliphatic rings. The third-order valence-corrected chi connectivity index (χ3v) is 2.84. The van der Waals surface area contributed by atoms with E-state index in [1.165, 1.54) is 32.1 Å². The van der Waals surface area contributed by atoms with Gasteiger partial charge in [-0.1, -0.05) is 39.0 Å². The van der Waals surface area contributed by atoms with Crippen LogP contribution >= 0.6 is 11.6 Å². The SMILES string of the molecule is CCCCCCCCOc1cnc(CCl)cn1. The number of unbranched alkanes of at least 4 members (excludes halogenated alkanes) is 5. The number of hydrogen-bond donors (Lipinski definition) is 0. The van der Waals surface area contributed by atoms with Crippen LogP contribution < -0.4 is 4.74 Å². The average Bonchev–Trinajstić information content (AvgIpc) is 2.38. The van der Waals surface area contributed by atoms with Crippen LogP contribution in [0.2, 0.25) is 0 Å². The summed E-state index contributed by atoms with van der Waals surface area (Å²) in [4.78, 5) is 8.24. The molecule has 0 atom stereocenters. The third-order valence-electron chi connectivity index (χ3n) is 2.57. The monoisotopic (exact) mass is 256 g/mol. The molecule has 0 saturated heterocycles. The lowest BCUT2D eigenvalue weighted by Gasteiger charge is -2.04. The molecular weight excluding hydrogens is 236 g/mol. The van der Waals surface area contributed by atoms with Gasteiger partial charge in [0, 0.05) is 0 Å². The van der Waals surface area contributed by atoms with E-state index in [-0.39, 0.29) is 0 Å². The molecule has 0 radical (unpaired) electrons. The zero-order valence-electron chi connectivity index (χ0n) is 10.5. The van der Waals surface area contributed by atoms with Crippen molar-refractivity contribution in [3.05, 3.63) is 18.1 Å². The van der Waals surface area contributed by atoms with E-state index in [1.807, 2.05) is 0 Å². The molecule has 1 heterocycles. The van der Waals surface area contributed by atoms with E-state index in [0.717, 1.165) is 18.7 Å². The highest BCUT2D eigenvalue weighted by Crippen LogP contribution is 2.08. The van der Waals surface area contributed by atoms with E-state index >= 15 is 0 Å². The maximum absolute atomic E-state index is 5.62. The van der Waals surface area contributed by atoms with Crippen LogP contribution in [-0.2, 0) is 5.88 Å². The van der Waals surface area contributed by atoms with Crippen LogP contribution in [0.15, 0.2) is 12.4 Å². The fourth-order valence-corrected chi connectivity index (χ4v) is 1.68. The van der Waals surface area contributed by atoms with Gasteiger partial charge >= 0.3 is 0 Å². The van der Waals surface area contributed by atoms with Gasteiger partial charge in [-0.15, -0.1) is 11.6 Å². The van der Waals surface area contributed by atoms with Crippen LogP contribution in [0.3, 0.4) is 0 Å². The van der Waals surface area contributed by atoms with Gasteiger partial charge in [-0.2, -0.15) is 0 Å². The Morgan fingerprint density at radius 3 is 2.47 bits per heavy atom. The van der Waals surface area contributed by atoms with Crippen molar-refractivity contribution in [2.75, 3.05) is 6.61 Å². The third kappa shape index (κ3) is 6.47. The molecular formula is C13H21ClN2O. The van der Waals surface area contributed by atoms with E-state index in [9.17, 15) is 0 Å². The molecule has 96 valence electrons. The zero-order valence-corrected chi connectivity index (χ0v) is 11.2. The number of aromatic nitrogens is 2. The lowest BCUT2D eigenvalue weighted by Crippen LogP contribution is -2.00. The Kier molecular flexibility index (Phi) is 7.72. The first-order valence-electron chi connectivity index (χ1n) is 6.36. The molecule has 17 heavy (non-hydrogen) atoms. The van der Waals surface area contributed by atoms with E-state index < -0.39 is 0 Å². The number of hydrogen-bond acceptors (Lipinski definition) is 3. The molecule has 0 aliphatic heterocycles. The minimum Gasteiger partial charge on any atom is -0.477 e. The number of nitrogens with zero attached hydrogens (tertiary/aromatic N) is 2. The van der Waals surface area contributed by atoms with Crippen molar-refractivity contribution in [1.82, 2.24) is 9.97 Å². The number of halogens is 1. The van der Waals surface area contributed by atoms with Crippen molar-refractivity contribution in [1.29, 1.82) is 0 Å². The van der Waals surface area contributed by atoms with Crippen LogP contribution in [0.1, 0.15) is 51.1 Å². The maximum atomic E-state index is 5.62. The number of alkyl halides is 1. The summed E-state index contributed by atoms with van der Waals surface area (Å²) in [6.45, 7) is 2.95. The van der Waals surface area contributed by atoms with Crippen LogP contribution in [0.4, 0.5) is 0 Å². The molecule has 0 fully saturated rings. The summed E-state index contributed by atoms with van der Waals surface area (Å²) in [5.41, 5.74) is 0.776. The van der Waals surface area contributed by atoms with Gasteiger partial charge in [0.25, 0.3) is 0 Å². The zero-order chi connectivity index (χ0) is 12.3. The summed E-state index contributed by atoms with van der Waals surface area (Å²) in [7, 11) is 0. The van der Waals surface area contributed by atoms with E-state index in [1.54, 1.807) is 12.4 Å². The Hall–Kier alpha value is -0.830. The van der Waals surface area contributed by atoms with E-state index in [4.69, 9.17) is 16.3 Å². The van der Waals surface area contributed by atoms with Gasteiger partial charge in [0.2, 0.25) is 5.88 Å². The summed E-state index contributed by atoms with van der Waals surface area (Å²) in [6, 6.07) is 0. The van der Waals surface area contributed by atoms with Crippen molar-refractivity contribution in [3.63, 3.8) is 0 Å². The molecule has 4 heteroatoms. The topological polar surface area (TPSA) is 35.0 Å². The van der Waals surface area contributed by atoms with Crippen LogP contribution in [0.5, 0.6) is 5.88 Å². The lowest BCUT2D eigenvalue weighted by atomic mass is 10.1. The minimum atomic E-state index is 0.394. The van der Waals surface area contributed by atoms with Crippen molar-refractivity contribution in [2.24, 2.45) is 0 Å². The van der Waals surface area contributed by atoms with Crippen molar-refractivity contribution >= 4 is 11.6 Å². The largest absolute Gasteiger partial charge is 0.477 e. The fourth-order valence-electron chi connectivity index (χ4n) is 1.55. The molecule has 1 aromatic rings. The number of ether oxygens (including phenoxy) is 1. The molecule has 0 bridgehead atoms. The fraction of sp³-hybridized carbons (Fsp3) is 0.692. The van der Waals surface area contributed by atoms with Gasteiger partial charge in [-0.3, -0.25) is 4.98 Å². The molecule has 0 aliphatic carbocycles. The maximum Gasteiger partial charge on any atom is 0.232 e. The molecule has 0 amide bonds. The van der Waals surface area contributed by atoms with Gasteiger partial charge in [0.05, 0.1) is 30.6 Å². The Balaban J connectivity index is 2.05. The van der Waals surface area contributed by atoms with Gasteiger partial charge in [0.1, 0.15) is 0 Å². The summed E-state index contributed by atoms with van der Waals surface area (Å²) in [5.74, 6) is 0.984. The molecule has 1 aromatic heterocycles. The van der Waals surface area contributed by atoms with Crippen molar-refractivity contribution in [3.8, 4) is 5.88 Å². The van der Waals surface area contributed by atoms with Crippen LogP contribution in [0.25, 0.3) is 0 Å². The predicted molar refractivity (Wildman–Crippen MR) is 70.5 cm³/mol. The molecule has 0 N–H and O–H groups in total. The second kappa shape index (κ2) is 9.23. The molecule has 1 rings (SSSR count). The van der Waals surface area contributed by atoms with Gasteiger partial charge in [-0.25, -0.2) is 4.98 Å². The Morgan fingerprint density at radius 1 is 1.06 bits per heavy atom. The quantitative estimate of drug-likeness (QED) is 0.496. The Labute approximate surface area is 109 Å². The van der Waals surface area contributed by atoms with Crippen LogP contribution in [-0.4, -0.2) is 16.6 Å². The van der Waals surface area contributed by atoms with Crippen molar-refractivity contribution in [2.45, 2.75) is 51.3 Å². The first kappa shape index (κ1) is 14.2. The molecule has 0 unspecified atom stereocenters. The molecule has 0 spiro atoms. The molecule has 0 saturated carbocycles. The standard InChI is InChI=1S/C13H21ClN2O/c1-2-3-4-5-6-7-8-17-13-11-15-12(9-14)10-16-13/h10-11H,2-9H2,1H3. The molecule has 0 aromatic carbocycles. The highest BCUT2D eigenvalue weighted by molar-refractivity contribution is 6.16. The summed E-state index contributed by atoms with van der Waals surface area (Å²) in [5, 5.41) is 0. The van der Waals surface area contributed by atoms with E-state index in [0.29, 0.717) is 11.8 Å². The lowest BCUT2D eigenvalue weighted by molar-refractivity contribution is 0.291. The Morgan fingerprint density at radius 2 is 1.82 bits per heavy atom. The predicted octanol–water partition coefficient (Wildman–Crippen LogP) is 3.95. The first-order chi connectivity index (χ1) is 8.36. The highest BCUT2D eigenvalue weighted by atomic mass is 35.5. The van der Waals surface area contributed by atoms with Gasteiger partial charge in [0.15, 0.2) is 0 Å². The normalized spacial score (nSPS) is 10.5. The van der Waals surface area contributed by atoms with E-state index in [2.05, 4.69) is 16.9 Å². The average molecular weight is 257 g/mol. The van der Waals surface area contributed by atoms with Gasteiger partial charge in [-0.05, 0) is 6.42 Å².